The number of methoxy groups -OCH3 is 1. The Morgan fingerprint density at radius 3 is 2.50 bits per heavy atom. The third-order valence-corrected chi connectivity index (χ3v) is 3.59. The number of halogens is 1. The summed E-state index contributed by atoms with van der Waals surface area (Å²) in [6.45, 7) is 6.30. The average Bonchev–Trinajstić information content (AvgIpc) is 2.52. The highest BCUT2D eigenvalue weighted by Crippen LogP contribution is 2.27. The molecule has 0 radical (unpaired) electrons. The van der Waals surface area contributed by atoms with Crippen molar-refractivity contribution in [2.24, 2.45) is 0 Å². The van der Waals surface area contributed by atoms with Crippen LogP contribution in [-0.2, 0) is 9.47 Å². The summed E-state index contributed by atoms with van der Waals surface area (Å²) in [6.07, 6.45) is 2.03. The minimum atomic E-state index is -0.583. The van der Waals surface area contributed by atoms with Crippen LogP contribution in [0.2, 0.25) is 0 Å². The molecule has 0 fully saturated rings. The van der Waals surface area contributed by atoms with Gasteiger partial charge >= 0.3 is 12.1 Å². The van der Waals surface area contributed by atoms with Crippen LogP contribution in [0.4, 0.5) is 9.18 Å². The first-order valence-electron chi connectivity index (χ1n) is 7.76. The predicted octanol–water partition coefficient (Wildman–Crippen LogP) is 3.64. The Hall–Kier alpha value is -2.37. The third-order valence-electron chi connectivity index (χ3n) is 3.59. The Morgan fingerprint density at radius 1 is 1.25 bits per heavy atom. The SMILES string of the molecule is COC(=O)c1cc(F)ccc1C1=CCN(C(=O)OC(C)(C)C)CC1. The van der Waals surface area contributed by atoms with E-state index in [9.17, 15) is 14.0 Å². The van der Waals surface area contributed by atoms with Crippen molar-refractivity contribution < 1.29 is 23.5 Å². The zero-order valence-corrected chi connectivity index (χ0v) is 14.4. The molecule has 6 heteroatoms. The summed E-state index contributed by atoms with van der Waals surface area (Å²) in [4.78, 5) is 25.5. The standard InChI is InChI=1S/C18H22FNO4/c1-18(2,3)24-17(22)20-9-7-12(8-10-20)14-6-5-13(19)11-15(14)16(21)23-4/h5-7,11H,8-10H2,1-4H3. The molecule has 0 aromatic heterocycles. The van der Waals surface area contributed by atoms with Crippen LogP contribution in [-0.4, -0.2) is 42.8 Å². The maximum atomic E-state index is 13.4. The van der Waals surface area contributed by atoms with E-state index in [2.05, 4.69) is 0 Å². The zero-order chi connectivity index (χ0) is 17.9. The molecular weight excluding hydrogens is 313 g/mol. The normalized spacial score (nSPS) is 14.9. The quantitative estimate of drug-likeness (QED) is 0.774. The number of esters is 1. The van der Waals surface area contributed by atoms with Crippen molar-refractivity contribution in [2.45, 2.75) is 32.8 Å². The first-order chi connectivity index (χ1) is 11.2. The maximum absolute atomic E-state index is 13.4. The Morgan fingerprint density at radius 2 is 1.96 bits per heavy atom. The van der Waals surface area contributed by atoms with Crippen molar-refractivity contribution in [3.05, 3.63) is 41.2 Å². The van der Waals surface area contributed by atoms with Gasteiger partial charge in [0.1, 0.15) is 11.4 Å². The van der Waals surface area contributed by atoms with Crippen LogP contribution >= 0.6 is 0 Å². The monoisotopic (exact) mass is 335 g/mol. The van der Waals surface area contributed by atoms with E-state index in [4.69, 9.17) is 9.47 Å². The lowest BCUT2D eigenvalue weighted by Crippen LogP contribution is -2.39. The lowest BCUT2D eigenvalue weighted by Gasteiger charge is -2.30. The number of amides is 1. The number of hydrogen-bond donors (Lipinski definition) is 0. The molecule has 130 valence electrons. The number of carbonyl (C=O) groups excluding carboxylic acids is 2. The maximum Gasteiger partial charge on any atom is 0.410 e. The van der Waals surface area contributed by atoms with Crippen molar-refractivity contribution >= 4 is 17.6 Å². The second kappa shape index (κ2) is 7.03. The summed E-state index contributed by atoms with van der Waals surface area (Å²) in [6, 6.07) is 4.04. The third kappa shape index (κ3) is 4.34. The number of rotatable bonds is 2. The van der Waals surface area contributed by atoms with Gasteiger partial charge in [0.15, 0.2) is 0 Å². The lowest BCUT2D eigenvalue weighted by atomic mass is 9.95. The van der Waals surface area contributed by atoms with E-state index in [0.717, 1.165) is 5.57 Å². The zero-order valence-electron chi connectivity index (χ0n) is 14.4. The minimum Gasteiger partial charge on any atom is -0.465 e. The fourth-order valence-electron chi connectivity index (χ4n) is 2.48. The largest absolute Gasteiger partial charge is 0.465 e. The van der Waals surface area contributed by atoms with Gasteiger partial charge in [-0.1, -0.05) is 12.1 Å². The van der Waals surface area contributed by atoms with E-state index in [-0.39, 0.29) is 11.7 Å². The molecular formula is C18H22FNO4. The highest BCUT2D eigenvalue weighted by molar-refractivity contribution is 5.95. The number of nitrogens with zero attached hydrogens (tertiary/aromatic N) is 1. The molecule has 0 unspecified atom stereocenters. The number of ether oxygens (including phenoxy) is 2. The van der Waals surface area contributed by atoms with Gasteiger partial charge in [-0.25, -0.2) is 14.0 Å². The topological polar surface area (TPSA) is 55.8 Å². The second-order valence-electron chi connectivity index (χ2n) is 6.59. The van der Waals surface area contributed by atoms with Crippen LogP contribution in [0, 0.1) is 5.82 Å². The molecule has 1 heterocycles. The average molecular weight is 335 g/mol. The summed E-state index contributed by atoms with van der Waals surface area (Å²) in [7, 11) is 1.26. The minimum absolute atomic E-state index is 0.189. The molecule has 1 aromatic carbocycles. The smallest absolute Gasteiger partial charge is 0.410 e. The molecule has 24 heavy (non-hydrogen) atoms. The van der Waals surface area contributed by atoms with Gasteiger partial charge < -0.3 is 14.4 Å². The lowest BCUT2D eigenvalue weighted by molar-refractivity contribution is 0.0270. The van der Waals surface area contributed by atoms with Crippen LogP contribution in [0.5, 0.6) is 0 Å². The van der Waals surface area contributed by atoms with Gasteiger partial charge in [0.2, 0.25) is 0 Å². The van der Waals surface area contributed by atoms with E-state index in [1.54, 1.807) is 11.0 Å². The summed E-state index contributed by atoms with van der Waals surface area (Å²) in [5, 5.41) is 0. The van der Waals surface area contributed by atoms with E-state index >= 15 is 0 Å². The summed E-state index contributed by atoms with van der Waals surface area (Å²) >= 11 is 0. The molecule has 0 bridgehead atoms. The van der Waals surface area contributed by atoms with E-state index in [1.165, 1.54) is 19.2 Å². The van der Waals surface area contributed by atoms with Crippen LogP contribution in [0.3, 0.4) is 0 Å². The number of hydrogen-bond acceptors (Lipinski definition) is 4. The van der Waals surface area contributed by atoms with Gasteiger partial charge in [-0.3, -0.25) is 0 Å². The summed E-state index contributed by atoms with van der Waals surface area (Å²) in [5.74, 6) is -1.08. The number of carbonyl (C=O) groups is 2. The summed E-state index contributed by atoms with van der Waals surface area (Å²) in [5.41, 5.74) is 1.16. The van der Waals surface area contributed by atoms with Gasteiger partial charge in [-0.15, -0.1) is 0 Å². The second-order valence-corrected chi connectivity index (χ2v) is 6.59. The van der Waals surface area contributed by atoms with Crippen LogP contribution < -0.4 is 0 Å². The van der Waals surface area contributed by atoms with Gasteiger partial charge in [0, 0.05) is 13.1 Å². The fourth-order valence-corrected chi connectivity index (χ4v) is 2.48. The van der Waals surface area contributed by atoms with Crippen molar-refractivity contribution in [3.63, 3.8) is 0 Å². The van der Waals surface area contributed by atoms with Gasteiger partial charge in [-0.05, 0) is 50.5 Å². The Bertz CT molecular complexity index is 676. The number of benzene rings is 1. The van der Waals surface area contributed by atoms with E-state index < -0.39 is 17.4 Å². The van der Waals surface area contributed by atoms with Crippen LogP contribution in [0.25, 0.3) is 5.57 Å². The molecule has 0 N–H and O–H groups in total. The van der Waals surface area contributed by atoms with Crippen molar-refractivity contribution in [3.8, 4) is 0 Å². The molecule has 1 aliphatic heterocycles. The van der Waals surface area contributed by atoms with E-state index in [0.29, 0.717) is 25.1 Å². The molecule has 2 rings (SSSR count). The molecule has 1 aromatic rings. The van der Waals surface area contributed by atoms with Gasteiger partial charge in [-0.2, -0.15) is 0 Å². The first-order valence-corrected chi connectivity index (χ1v) is 7.76. The Balaban J connectivity index is 2.19. The van der Waals surface area contributed by atoms with Gasteiger partial charge in [0.05, 0.1) is 12.7 Å². The fraction of sp³-hybridized carbons (Fsp3) is 0.444. The predicted molar refractivity (Wildman–Crippen MR) is 88.1 cm³/mol. The molecule has 1 amide bonds. The highest BCUT2D eigenvalue weighted by atomic mass is 19.1. The molecule has 0 aliphatic carbocycles. The van der Waals surface area contributed by atoms with Gasteiger partial charge in [0.25, 0.3) is 0 Å². The Kier molecular flexibility index (Phi) is 5.26. The van der Waals surface area contributed by atoms with Crippen LogP contribution in [0.1, 0.15) is 43.1 Å². The van der Waals surface area contributed by atoms with Crippen molar-refractivity contribution in [2.75, 3.05) is 20.2 Å². The molecule has 0 atom stereocenters. The summed E-state index contributed by atoms with van der Waals surface area (Å²) < 4.78 is 23.5. The Labute approximate surface area is 141 Å². The molecule has 0 saturated heterocycles. The molecule has 0 spiro atoms. The van der Waals surface area contributed by atoms with Crippen molar-refractivity contribution in [1.29, 1.82) is 0 Å². The molecule has 1 aliphatic rings. The first kappa shape index (κ1) is 18.0. The van der Waals surface area contributed by atoms with E-state index in [1.807, 2.05) is 26.8 Å². The highest BCUT2D eigenvalue weighted by Gasteiger charge is 2.25. The van der Waals surface area contributed by atoms with Crippen molar-refractivity contribution in [1.82, 2.24) is 4.90 Å². The molecule has 5 nitrogen and oxygen atoms in total. The molecule has 0 saturated carbocycles. The van der Waals surface area contributed by atoms with Crippen LogP contribution in [0.15, 0.2) is 24.3 Å².